The van der Waals surface area contributed by atoms with Gasteiger partial charge in [-0.2, -0.15) is 5.10 Å². The summed E-state index contributed by atoms with van der Waals surface area (Å²) in [6.45, 7) is 1.85. The van der Waals surface area contributed by atoms with Crippen LogP contribution in [0, 0.1) is 5.82 Å². The molecule has 18 heavy (non-hydrogen) atoms. The lowest BCUT2D eigenvalue weighted by Crippen LogP contribution is -1.99. The molecule has 0 fully saturated rings. The van der Waals surface area contributed by atoms with Gasteiger partial charge in [0.15, 0.2) is 0 Å². The number of nitrogens with one attached hydrogen (secondary N) is 1. The van der Waals surface area contributed by atoms with Gasteiger partial charge in [0.25, 0.3) is 0 Å². The van der Waals surface area contributed by atoms with E-state index in [1.807, 2.05) is 6.92 Å². The summed E-state index contributed by atoms with van der Waals surface area (Å²) in [4.78, 5) is 0. The van der Waals surface area contributed by atoms with Gasteiger partial charge in [0.1, 0.15) is 11.6 Å². The Morgan fingerprint density at radius 2 is 1.67 bits per heavy atom. The number of aromatic hydroxyl groups is 1. The number of phenolic OH excluding ortho intramolecular Hbond substituents is 1. The minimum atomic E-state index is -0.278. The molecule has 4 heteroatoms. The molecule has 0 radical (unpaired) electrons. The SMILES string of the molecule is C/C(=N\Nc1ccc(F)cc1)c1ccc(O)cc1. The van der Waals surface area contributed by atoms with E-state index in [0.29, 0.717) is 0 Å². The van der Waals surface area contributed by atoms with Crippen LogP contribution in [0.4, 0.5) is 10.1 Å². The van der Waals surface area contributed by atoms with E-state index < -0.39 is 0 Å². The third kappa shape index (κ3) is 3.07. The van der Waals surface area contributed by atoms with Gasteiger partial charge in [0.2, 0.25) is 0 Å². The highest BCUT2D eigenvalue weighted by molar-refractivity contribution is 5.99. The van der Waals surface area contributed by atoms with E-state index in [2.05, 4.69) is 10.5 Å². The molecule has 0 unspecified atom stereocenters. The van der Waals surface area contributed by atoms with Crippen molar-refractivity contribution >= 4 is 11.4 Å². The zero-order valence-corrected chi connectivity index (χ0v) is 9.89. The average Bonchev–Trinajstić information content (AvgIpc) is 2.38. The predicted octanol–water partition coefficient (Wildman–Crippen LogP) is 3.37. The normalized spacial score (nSPS) is 11.3. The molecular formula is C14H13FN2O. The van der Waals surface area contributed by atoms with Crippen molar-refractivity contribution in [3.8, 4) is 5.75 Å². The zero-order valence-electron chi connectivity index (χ0n) is 9.89. The number of hydrogen-bond donors (Lipinski definition) is 2. The Bertz CT molecular complexity index is 547. The molecule has 3 nitrogen and oxygen atoms in total. The molecule has 0 spiro atoms. The summed E-state index contributed by atoms with van der Waals surface area (Å²) in [5.41, 5.74) is 5.24. The molecule has 0 aliphatic carbocycles. The van der Waals surface area contributed by atoms with Crippen LogP contribution in [-0.4, -0.2) is 10.8 Å². The average molecular weight is 244 g/mol. The second-order valence-corrected chi connectivity index (χ2v) is 3.86. The smallest absolute Gasteiger partial charge is 0.123 e. The molecule has 0 aliphatic heterocycles. The quantitative estimate of drug-likeness (QED) is 0.642. The van der Waals surface area contributed by atoms with Crippen molar-refractivity contribution in [2.45, 2.75) is 6.92 Å². The molecule has 92 valence electrons. The number of hydrogen-bond acceptors (Lipinski definition) is 3. The summed E-state index contributed by atoms with van der Waals surface area (Å²) < 4.78 is 12.7. The third-order valence-electron chi connectivity index (χ3n) is 2.48. The standard InChI is InChI=1S/C14H13FN2O/c1-10(11-2-8-14(18)9-3-11)16-17-13-6-4-12(15)5-7-13/h2-9,17-18H,1H3/b16-10+. The topological polar surface area (TPSA) is 44.6 Å². The van der Waals surface area contributed by atoms with Crippen LogP contribution in [0.2, 0.25) is 0 Å². The van der Waals surface area contributed by atoms with Crippen molar-refractivity contribution in [2.75, 3.05) is 5.43 Å². The van der Waals surface area contributed by atoms with Crippen LogP contribution in [0.5, 0.6) is 5.75 Å². The highest BCUT2D eigenvalue weighted by Crippen LogP contribution is 2.12. The first-order valence-corrected chi connectivity index (χ1v) is 5.50. The monoisotopic (exact) mass is 244 g/mol. The number of phenols is 1. The second-order valence-electron chi connectivity index (χ2n) is 3.86. The summed E-state index contributed by atoms with van der Waals surface area (Å²) in [5.74, 6) is -0.0576. The van der Waals surface area contributed by atoms with Gasteiger partial charge in [-0.05, 0) is 61.0 Å². The molecule has 0 atom stereocenters. The Morgan fingerprint density at radius 3 is 2.28 bits per heavy atom. The van der Waals surface area contributed by atoms with Crippen LogP contribution in [0.25, 0.3) is 0 Å². The van der Waals surface area contributed by atoms with Gasteiger partial charge < -0.3 is 5.11 Å². The molecule has 0 saturated heterocycles. The molecule has 0 bridgehead atoms. The Morgan fingerprint density at radius 1 is 1.06 bits per heavy atom. The number of hydrazone groups is 1. The predicted molar refractivity (Wildman–Crippen MR) is 70.3 cm³/mol. The Balaban J connectivity index is 2.09. The van der Waals surface area contributed by atoms with Crippen molar-refractivity contribution in [1.82, 2.24) is 0 Å². The van der Waals surface area contributed by atoms with E-state index in [1.54, 1.807) is 36.4 Å². The Kier molecular flexibility index (Phi) is 3.57. The molecule has 0 aromatic heterocycles. The lowest BCUT2D eigenvalue weighted by atomic mass is 10.1. The van der Waals surface area contributed by atoms with Gasteiger partial charge in [0.05, 0.1) is 11.4 Å². The van der Waals surface area contributed by atoms with Crippen molar-refractivity contribution in [3.05, 3.63) is 59.9 Å². The summed E-state index contributed by atoms with van der Waals surface area (Å²) in [6, 6.07) is 12.7. The van der Waals surface area contributed by atoms with Crippen LogP contribution in [0.1, 0.15) is 12.5 Å². The maximum atomic E-state index is 12.7. The third-order valence-corrected chi connectivity index (χ3v) is 2.48. The van der Waals surface area contributed by atoms with Crippen LogP contribution in [-0.2, 0) is 0 Å². The minimum absolute atomic E-state index is 0.220. The zero-order chi connectivity index (χ0) is 13.0. The Labute approximate surface area is 105 Å². The largest absolute Gasteiger partial charge is 0.508 e. The first-order valence-electron chi connectivity index (χ1n) is 5.50. The van der Waals surface area contributed by atoms with Crippen LogP contribution in [0.3, 0.4) is 0 Å². The first kappa shape index (κ1) is 12.1. The molecule has 2 rings (SSSR count). The summed E-state index contributed by atoms with van der Waals surface area (Å²) in [5, 5.41) is 13.4. The number of rotatable bonds is 3. The lowest BCUT2D eigenvalue weighted by molar-refractivity contribution is 0.475. The molecule has 2 aromatic carbocycles. The van der Waals surface area contributed by atoms with Gasteiger partial charge in [-0.3, -0.25) is 5.43 Å². The number of anilines is 1. The number of benzene rings is 2. The van der Waals surface area contributed by atoms with Gasteiger partial charge in [-0.25, -0.2) is 4.39 Å². The molecule has 2 N–H and O–H groups in total. The maximum absolute atomic E-state index is 12.7. The fourth-order valence-electron chi connectivity index (χ4n) is 1.44. The second kappa shape index (κ2) is 5.31. The lowest BCUT2D eigenvalue weighted by Gasteiger charge is -2.03. The van der Waals surface area contributed by atoms with Gasteiger partial charge in [-0.1, -0.05) is 0 Å². The van der Waals surface area contributed by atoms with Gasteiger partial charge in [-0.15, -0.1) is 0 Å². The van der Waals surface area contributed by atoms with Crippen LogP contribution in [0.15, 0.2) is 53.6 Å². The fraction of sp³-hybridized carbons (Fsp3) is 0.0714. The summed E-state index contributed by atoms with van der Waals surface area (Å²) >= 11 is 0. The van der Waals surface area contributed by atoms with Crippen LogP contribution >= 0.6 is 0 Å². The van der Waals surface area contributed by atoms with Gasteiger partial charge in [0, 0.05) is 0 Å². The van der Waals surface area contributed by atoms with E-state index in [0.717, 1.165) is 17.0 Å². The number of halogens is 1. The minimum Gasteiger partial charge on any atom is -0.508 e. The van der Waals surface area contributed by atoms with E-state index >= 15 is 0 Å². The molecule has 2 aromatic rings. The van der Waals surface area contributed by atoms with Crippen molar-refractivity contribution in [1.29, 1.82) is 0 Å². The van der Waals surface area contributed by atoms with Gasteiger partial charge >= 0.3 is 0 Å². The summed E-state index contributed by atoms with van der Waals surface area (Å²) in [6.07, 6.45) is 0. The molecule has 0 aliphatic rings. The highest BCUT2D eigenvalue weighted by atomic mass is 19.1. The van der Waals surface area contributed by atoms with Crippen molar-refractivity contribution in [3.63, 3.8) is 0 Å². The van der Waals surface area contributed by atoms with Crippen LogP contribution < -0.4 is 5.43 Å². The molecular weight excluding hydrogens is 231 g/mol. The van der Waals surface area contributed by atoms with E-state index in [4.69, 9.17) is 0 Å². The molecule has 0 saturated carbocycles. The van der Waals surface area contributed by atoms with Crippen molar-refractivity contribution < 1.29 is 9.50 Å². The summed E-state index contributed by atoms with van der Waals surface area (Å²) in [7, 11) is 0. The maximum Gasteiger partial charge on any atom is 0.123 e. The molecule has 0 heterocycles. The number of nitrogens with zero attached hydrogens (tertiary/aromatic N) is 1. The highest BCUT2D eigenvalue weighted by Gasteiger charge is 1.97. The fourth-order valence-corrected chi connectivity index (χ4v) is 1.44. The van der Waals surface area contributed by atoms with E-state index in [-0.39, 0.29) is 11.6 Å². The molecule has 0 amide bonds. The van der Waals surface area contributed by atoms with E-state index in [9.17, 15) is 9.50 Å². The van der Waals surface area contributed by atoms with E-state index in [1.165, 1.54) is 12.1 Å². The Hall–Kier alpha value is -2.36. The first-order chi connectivity index (χ1) is 8.65. The van der Waals surface area contributed by atoms with Crippen molar-refractivity contribution in [2.24, 2.45) is 5.10 Å².